The van der Waals surface area contributed by atoms with Gasteiger partial charge in [-0.05, 0) is 41.5 Å². The van der Waals surface area contributed by atoms with Crippen molar-refractivity contribution in [2.75, 3.05) is 7.11 Å². The minimum atomic E-state index is -5.94. The number of rotatable bonds is 6. The van der Waals surface area contributed by atoms with Gasteiger partial charge in [0.2, 0.25) is 0 Å². The lowest BCUT2D eigenvalue weighted by Crippen LogP contribution is -2.55. The third kappa shape index (κ3) is 4.70. The first-order valence-electron chi connectivity index (χ1n) is 10.4. The number of fused-ring (bicyclic) bond motifs is 1. The molecule has 0 aliphatic rings. The molecule has 2 heterocycles. The molecule has 5 nitrogen and oxygen atoms in total. The van der Waals surface area contributed by atoms with E-state index >= 15 is 0 Å². The third-order valence-corrected chi connectivity index (χ3v) is 5.61. The van der Waals surface area contributed by atoms with E-state index in [4.69, 9.17) is 9.15 Å². The number of furan rings is 1. The Morgan fingerprint density at radius 2 is 1.70 bits per heavy atom. The van der Waals surface area contributed by atoms with E-state index in [0.29, 0.717) is 39.7 Å². The molecular weight excluding hydrogens is 509 g/mol. The Hall–Kier alpha value is -4.11. The van der Waals surface area contributed by atoms with Crippen LogP contribution in [0.25, 0.3) is 22.0 Å². The van der Waals surface area contributed by atoms with Gasteiger partial charge in [0.25, 0.3) is 5.60 Å². The number of benzene rings is 2. The topological polar surface area (TPSA) is 68.3 Å². The van der Waals surface area contributed by atoms with E-state index in [1.54, 1.807) is 24.3 Å². The van der Waals surface area contributed by atoms with Crippen molar-refractivity contribution in [2.45, 2.75) is 24.6 Å². The van der Waals surface area contributed by atoms with Crippen molar-refractivity contribution in [3.05, 3.63) is 83.7 Å². The second-order valence-electron chi connectivity index (χ2n) is 7.88. The number of alkyl halides is 6. The predicted molar refractivity (Wildman–Crippen MR) is 116 cm³/mol. The minimum absolute atomic E-state index is 0.0953. The average molecular weight is 524 g/mol. The summed E-state index contributed by atoms with van der Waals surface area (Å²) in [5.41, 5.74) is -4.04. The van der Waals surface area contributed by atoms with E-state index in [0.717, 1.165) is 0 Å². The fourth-order valence-corrected chi connectivity index (χ4v) is 3.93. The molecule has 0 spiro atoms. The summed E-state index contributed by atoms with van der Waals surface area (Å²) in [6.07, 6.45) is -8.95. The van der Waals surface area contributed by atoms with Gasteiger partial charge in [-0.3, -0.25) is 0 Å². The summed E-state index contributed by atoms with van der Waals surface area (Å²) in [6.45, 7) is -0.351. The number of aromatic nitrogens is 1. The van der Waals surface area contributed by atoms with Crippen LogP contribution < -0.4 is 4.74 Å². The molecule has 0 N–H and O–H groups in total. The number of pyridine rings is 1. The van der Waals surface area contributed by atoms with Crippen molar-refractivity contribution in [1.29, 1.82) is 5.26 Å². The summed E-state index contributed by atoms with van der Waals surface area (Å²) < 4.78 is 110. The highest BCUT2D eigenvalue weighted by atomic mass is 19.4. The molecule has 0 bridgehead atoms. The summed E-state index contributed by atoms with van der Waals surface area (Å²) in [4.78, 5) is 4.23. The number of ether oxygens (including phenoxy) is 2. The molecule has 2 aromatic heterocycles. The lowest BCUT2D eigenvalue weighted by molar-refractivity contribution is -0.383. The van der Waals surface area contributed by atoms with Crippen LogP contribution in [0.1, 0.15) is 16.8 Å². The maximum atomic E-state index is 14.1. The first kappa shape index (κ1) is 26.0. The molecule has 0 amide bonds. The van der Waals surface area contributed by atoms with Crippen LogP contribution in [0.4, 0.5) is 30.7 Å². The van der Waals surface area contributed by atoms with Crippen molar-refractivity contribution in [3.63, 3.8) is 0 Å². The molecule has 12 heteroatoms. The summed E-state index contributed by atoms with van der Waals surface area (Å²) in [6, 6.07) is 11.2. The standard InChI is InChI=1S/C25H15F7N2O3/c1-35-23(24(27,28)29,25(30,31)32)16-7-17(26)9-19(8-16)37-12-14-2-3-20-21(15-4-5-36-13-15)10-18(11-33)34-22(20)6-14/h2-10,13H,12H2,1H3. The van der Waals surface area contributed by atoms with Crippen LogP contribution in [0.15, 0.2) is 65.5 Å². The Kier molecular flexibility index (Phi) is 6.60. The minimum Gasteiger partial charge on any atom is -0.489 e. The smallest absolute Gasteiger partial charge is 0.430 e. The fraction of sp³-hybridized carbons (Fsp3) is 0.200. The number of halogens is 7. The Morgan fingerprint density at radius 1 is 0.973 bits per heavy atom. The van der Waals surface area contributed by atoms with Crippen molar-refractivity contribution < 1.29 is 44.6 Å². The maximum Gasteiger partial charge on any atom is 0.430 e. The normalized spacial score (nSPS) is 12.5. The number of hydrogen-bond acceptors (Lipinski definition) is 5. The molecule has 0 saturated carbocycles. The summed E-state index contributed by atoms with van der Waals surface area (Å²) >= 11 is 0. The van der Waals surface area contributed by atoms with Crippen molar-refractivity contribution >= 4 is 10.9 Å². The highest BCUT2D eigenvalue weighted by Gasteiger charge is 2.73. The van der Waals surface area contributed by atoms with Crippen LogP contribution >= 0.6 is 0 Å². The lowest BCUT2D eigenvalue weighted by atomic mass is 9.91. The van der Waals surface area contributed by atoms with Crippen LogP contribution in [0, 0.1) is 17.1 Å². The molecule has 0 aliphatic heterocycles. The molecule has 4 aromatic rings. The first-order chi connectivity index (χ1) is 17.4. The fourth-order valence-electron chi connectivity index (χ4n) is 3.93. The summed E-state index contributed by atoms with van der Waals surface area (Å²) in [5, 5.41) is 9.98. The number of nitrogens with zero attached hydrogens (tertiary/aromatic N) is 2. The molecule has 0 fully saturated rings. The van der Waals surface area contributed by atoms with Gasteiger partial charge in [-0.25, -0.2) is 9.37 Å². The lowest BCUT2D eigenvalue weighted by Gasteiger charge is -2.36. The quantitative estimate of drug-likeness (QED) is 0.253. The molecule has 0 unspecified atom stereocenters. The van der Waals surface area contributed by atoms with E-state index in [9.17, 15) is 36.0 Å². The highest BCUT2D eigenvalue weighted by molar-refractivity contribution is 5.95. The predicted octanol–water partition coefficient (Wildman–Crippen LogP) is 7.05. The Bertz CT molecular complexity index is 1460. The molecule has 0 atom stereocenters. The van der Waals surface area contributed by atoms with Gasteiger partial charge in [0.1, 0.15) is 29.9 Å². The highest BCUT2D eigenvalue weighted by Crippen LogP contribution is 2.53. The Balaban J connectivity index is 1.69. The molecule has 2 aromatic carbocycles. The van der Waals surface area contributed by atoms with Gasteiger partial charge in [0, 0.05) is 29.7 Å². The largest absolute Gasteiger partial charge is 0.489 e. The van der Waals surface area contributed by atoms with Crippen LogP contribution in [-0.2, 0) is 16.9 Å². The summed E-state index contributed by atoms with van der Waals surface area (Å²) in [7, 11) is 0.238. The van der Waals surface area contributed by atoms with Gasteiger partial charge in [-0.15, -0.1) is 0 Å². The van der Waals surface area contributed by atoms with Crippen LogP contribution in [0.2, 0.25) is 0 Å². The monoisotopic (exact) mass is 524 g/mol. The zero-order chi connectivity index (χ0) is 27.0. The van der Waals surface area contributed by atoms with Crippen molar-refractivity contribution in [2.24, 2.45) is 0 Å². The van der Waals surface area contributed by atoms with Crippen molar-refractivity contribution in [3.8, 4) is 22.9 Å². The molecule has 4 rings (SSSR count). The van der Waals surface area contributed by atoms with Gasteiger partial charge in [0.05, 0.1) is 18.0 Å². The van der Waals surface area contributed by atoms with Crippen LogP contribution in [-0.4, -0.2) is 24.4 Å². The van der Waals surface area contributed by atoms with Crippen LogP contribution in [0.3, 0.4) is 0 Å². The van der Waals surface area contributed by atoms with Gasteiger partial charge in [-0.2, -0.15) is 31.6 Å². The summed E-state index contributed by atoms with van der Waals surface area (Å²) in [5.74, 6) is -1.96. The molecule has 0 aliphatic carbocycles. The number of nitriles is 1. The van der Waals surface area contributed by atoms with Gasteiger partial charge in [0.15, 0.2) is 0 Å². The second kappa shape index (κ2) is 9.40. The molecule has 0 radical (unpaired) electrons. The Morgan fingerprint density at radius 3 is 2.30 bits per heavy atom. The molecule has 0 saturated heterocycles. The SMILES string of the molecule is COC(c1cc(F)cc(OCc2ccc3c(-c4ccoc4)cc(C#N)nc3c2)c1)(C(F)(F)F)C(F)(F)F. The molecule has 37 heavy (non-hydrogen) atoms. The van der Waals surface area contributed by atoms with E-state index < -0.39 is 35.1 Å². The average Bonchev–Trinajstić information content (AvgIpc) is 3.35. The Labute approximate surface area is 204 Å². The first-order valence-corrected chi connectivity index (χ1v) is 10.4. The third-order valence-electron chi connectivity index (χ3n) is 5.61. The van der Waals surface area contributed by atoms with Crippen LogP contribution in [0.5, 0.6) is 5.75 Å². The van der Waals surface area contributed by atoms with E-state index in [2.05, 4.69) is 9.72 Å². The number of methoxy groups -OCH3 is 1. The second-order valence-corrected chi connectivity index (χ2v) is 7.88. The zero-order valence-electron chi connectivity index (χ0n) is 18.7. The van der Waals surface area contributed by atoms with E-state index in [1.165, 1.54) is 18.6 Å². The van der Waals surface area contributed by atoms with Gasteiger partial charge < -0.3 is 13.9 Å². The van der Waals surface area contributed by atoms with Gasteiger partial charge in [-0.1, -0.05) is 12.1 Å². The zero-order valence-corrected chi connectivity index (χ0v) is 18.7. The molecular formula is C25H15F7N2O3. The number of hydrogen-bond donors (Lipinski definition) is 0. The van der Waals surface area contributed by atoms with Crippen molar-refractivity contribution in [1.82, 2.24) is 4.98 Å². The van der Waals surface area contributed by atoms with E-state index in [1.807, 2.05) is 6.07 Å². The molecule has 192 valence electrons. The maximum absolute atomic E-state index is 14.1. The van der Waals surface area contributed by atoms with Gasteiger partial charge >= 0.3 is 12.4 Å². The van der Waals surface area contributed by atoms with E-state index in [-0.39, 0.29) is 25.5 Å².